The van der Waals surface area contributed by atoms with Gasteiger partial charge in [0.1, 0.15) is 17.3 Å². The van der Waals surface area contributed by atoms with Crippen LogP contribution < -0.4 is 5.32 Å². The largest absolute Gasteiger partial charge is 0.368 e. The Morgan fingerprint density at radius 1 is 1.35 bits per heavy atom. The van der Waals surface area contributed by atoms with Gasteiger partial charge in [0.15, 0.2) is 11.5 Å². The first-order valence-corrected chi connectivity index (χ1v) is 7.97. The van der Waals surface area contributed by atoms with E-state index in [4.69, 9.17) is 11.6 Å². The van der Waals surface area contributed by atoms with Crippen LogP contribution in [-0.2, 0) is 0 Å². The van der Waals surface area contributed by atoms with Gasteiger partial charge >= 0.3 is 0 Å². The molecule has 0 radical (unpaired) electrons. The highest BCUT2D eigenvalue weighted by Gasteiger charge is 2.17. The van der Waals surface area contributed by atoms with Gasteiger partial charge in [0, 0.05) is 23.3 Å². The van der Waals surface area contributed by atoms with Crippen molar-refractivity contribution < 1.29 is 0 Å². The summed E-state index contributed by atoms with van der Waals surface area (Å²) < 4.78 is 1.82. The van der Waals surface area contributed by atoms with Crippen LogP contribution in [0.2, 0.25) is 5.02 Å². The Morgan fingerprint density at radius 3 is 2.74 bits per heavy atom. The molecule has 0 bridgehead atoms. The van der Waals surface area contributed by atoms with Gasteiger partial charge in [0.25, 0.3) is 0 Å². The lowest BCUT2D eigenvalue weighted by Crippen LogP contribution is -2.08. The second-order valence-electron chi connectivity index (χ2n) is 5.88. The van der Waals surface area contributed by atoms with E-state index in [1.807, 2.05) is 28.8 Å². The fraction of sp³-hybridized carbons (Fsp3) is 0.294. The number of hydrogen-bond acceptors (Lipinski definition) is 3. The van der Waals surface area contributed by atoms with E-state index >= 15 is 0 Å². The molecule has 23 heavy (non-hydrogen) atoms. The van der Waals surface area contributed by atoms with Crippen molar-refractivity contribution in [2.45, 2.75) is 20.3 Å². The Morgan fingerprint density at radius 2 is 2.09 bits per heavy atom. The van der Waals surface area contributed by atoms with E-state index in [0.717, 1.165) is 30.0 Å². The van der Waals surface area contributed by atoms with Crippen LogP contribution in [0.5, 0.6) is 0 Å². The third-order valence-electron chi connectivity index (χ3n) is 3.71. The predicted molar refractivity (Wildman–Crippen MR) is 92.6 cm³/mol. The summed E-state index contributed by atoms with van der Waals surface area (Å²) >= 11 is 5.97. The molecular weight excluding hydrogens is 310 g/mol. The molecule has 3 aromatic rings. The second kappa shape index (κ2) is 6.35. The molecular formula is C17H18ClN5. The van der Waals surface area contributed by atoms with E-state index in [-0.39, 0.29) is 0 Å². The highest BCUT2D eigenvalue weighted by atomic mass is 35.5. The minimum atomic E-state index is 0.525. The number of imidazole rings is 1. The van der Waals surface area contributed by atoms with Gasteiger partial charge < -0.3 is 5.32 Å². The molecule has 1 aromatic carbocycles. The van der Waals surface area contributed by atoms with Gasteiger partial charge in [-0.05, 0) is 24.5 Å². The van der Waals surface area contributed by atoms with E-state index in [1.165, 1.54) is 0 Å². The van der Waals surface area contributed by atoms with Crippen LogP contribution in [0.15, 0.2) is 30.5 Å². The monoisotopic (exact) mass is 327 g/mol. The molecule has 0 saturated heterocycles. The third kappa shape index (κ3) is 3.03. The fourth-order valence-corrected chi connectivity index (χ4v) is 2.58. The molecule has 118 valence electrons. The molecule has 0 aliphatic rings. The summed E-state index contributed by atoms with van der Waals surface area (Å²) in [5.41, 5.74) is 2.93. The highest BCUT2D eigenvalue weighted by Crippen LogP contribution is 2.30. The summed E-state index contributed by atoms with van der Waals surface area (Å²) in [5.74, 6) is 1.48. The SMILES string of the molecule is CC(C)CCNc1c(-c2ccc(Cl)cc2)nc2c(C#N)c[nH]n12. The summed E-state index contributed by atoms with van der Waals surface area (Å²) in [4.78, 5) is 4.64. The van der Waals surface area contributed by atoms with Crippen molar-refractivity contribution in [2.24, 2.45) is 5.92 Å². The Balaban J connectivity index is 2.06. The first-order chi connectivity index (χ1) is 11.1. The number of aromatic amines is 1. The molecule has 2 N–H and O–H groups in total. The van der Waals surface area contributed by atoms with Crippen molar-refractivity contribution in [3.8, 4) is 17.3 Å². The van der Waals surface area contributed by atoms with Crippen molar-refractivity contribution in [3.05, 3.63) is 41.0 Å². The molecule has 0 saturated carbocycles. The maximum absolute atomic E-state index is 9.22. The van der Waals surface area contributed by atoms with Gasteiger partial charge in [-0.25, -0.2) is 9.50 Å². The Labute approximate surface area is 139 Å². The number of anilines is 1. The number of fused-ring (bicyclic) bond motifs is 1. The topological polar surface area (TPSA) is 68.9 Å². The third-order valence-corrected chi connectivity index (χ3v) is 3.96. The average Bonchev–Trinajstić information content (AvgIpc) is 3.07. The number of halogens is 1. The lowest BCUT2D eigenvalue weighted by molar-refractivity contribution is 0.606. The van der Waals surface area contributed by atoms with E-state index < -0.39 is 0 Å². The number of nitrogens with one attached hydrogen (secondary N) is 2. The normalized spacial score (nSPS) is 11.1. The Hall–Kier alpha value is -2.45. The number of benzene rings is 1. The Bertz CT molecular complexity index is 852. The van der Waals surface area contributed by atoms with Crippen LogP contribution in [-0.4, -0.2) is 21.1 Å². The fourth-order valence-electron chi connectivity index (χ4n) is 2.45. The zero-order valence-corrected chi connectivity index (χ0v) is 13.9. The molecule has 2 aromatic heterocycles. The molecule has 0 unspecified atom stereocenters. The zero-order chi connectivity index (χ0) is 16.4. The number of aromatic nitrogens is 3. The van der Waals surface area contributed by atoms with E-state index in [0.29, 0.717) is 22.2 Å². The number of H-pyrrole nitrogens is 1. The first-order valence-electron chi connectivity index (χ1n) is 7.60. The number of rotatable bonds is 5. The second-order valence-corrected chi connectivity index (χ2v) is 6.32. The summed E-state index contributed by atoms with van der Waals surface area (Å²) in [5, 5.41) is 16.4. The molecule has 6 heteroatoms. The molecule has 5 nitrogen and oxygen atoms in total. The molecule has 0 aliphatic carbocycles. The van der Waals surface area contributed by atoms with Gasteiger partial charge in [-0.3, -0.25) is 5.10 Å². The molecule has 3 rings (SSSR count). The quantitative estimate of drug-likeness (QED) is 0.733. The van der Waals surface area contributed by atoms with E-state index in [1.54, 1.807) is 6.20 Å². The molecule has 0 aliphatic heterocycles. The molecule has 0 atom stereocenters. The smallest absolute Gasteiger partial charge is 0.173 e. The maximum atomic E-state index is 9.22. The van der Waals surface area contributed by atoms with Crippen molar-refractivity contribution >= 4 is 23.1 Å². The number of nitrogens with zero attached hydrogens (tertiary/aromatic N) is 3. The lowest BCUT2D eigenvalue weighted by atomic mass is 10.1. The lowest BCUT2D eigenvalue weighted by Gasteiger charge is -2.09. The van der Waals surface area contributed by atoms with Gasteiger partial charge in [0.05, 0.1) is 0 Å². The highest BCUT2D eigenvalue weighted by molar-refractivity contribution is 6.30. The van der Waals surface area contributed by atoms with Gasteiger partial charge in [-0.15, -0.1) is 0 Å². The minimum absolute atomic E-state index is 0.525. The standard InChI is InChI=1S/C17H18ClN5/c1-11(2)7-8-20-17-15(12-3-5-14(18)6-4-12)22-16-13(9-19)10-21-23(16)17/h3-6,10-11,20-21H,7-8H2,1-2H3. The van der Waals surface area contributed by atoms with E-state index in [9.17, 15) is 5.26 Å². The summed E-state index contributed by atoms with van der Waals surface area (Å²) in [6.45, 7) is 5.22. The predicted octanol–water partition coefficient (Wildman–Crippen LogP) is 4.31. The molecule has 0 spiro atoms. The molecule has 2 heterocycles. The van der Waals surface area contributed by atoms with Crippen LogP contribution >= 0.6 is 11.6 Å². The minimum Gasteiger partial charge on any atom is -0.368 e. The van der Waals surface area contributed by atoms with Crippen LogP contribution in [0, 0.1) is 17.2 Å². The van der Waals surface area contributed by atoms with Crippen molar-refractivity contribution in [3.63, 3.8) is 0 Å². The van der Waals surface area contributed by atoms with Crippen LogP contribution in [0.1, 0.15) is 25.8 Å². The molecule has 0 amide bonds. The van der Waals surface area contributed by atoms with Crippen molar-refractivity contribution in [1.82, 2.24) is 14.6 Å². The maximum Gasteiger partial charge on any atom is 0.173 e. The van der Waals surface area contributed by atoms with Crippen LogP contribution in [0.25, 0.3) is 16.9 Å². The summed E-state index contributed by atoms with van der Waals surface area (Å²) in [7, 11) is 0. The van der Waals surface area contributed by atoms with Crippen LogP contribution in [0.3, 0.4) is 0 Å². The average molecular weight is 328 g/mol. The first kappa shape index (κ1) is 15.4. The van der Waals surface area contributed by atoms with Crippen molar-refractivity contribution in [1.29, 1.82) is 5.26 Å². The van der Waals surface area contributed by atoms with E-state index in [2.05, 4.69) is 35.3 Å². The van der Waals surface area contributed by atoms with Gasteiger partial charge in [-0.2, -0.15) is 5.26 Å². The Kier molecular flexibility index (Phi) is 4.26. The van der Waals surface area contributed by atoms with Crippen molar-refractivity contribution in [2.75, 3.05) is 11.9 Å². The molecule has 0 fully saturated rings. The zero-order valence-electron chi connectivity index (χ0n) is 13.1. The van der Waals surface area contributed by atoms with Crippen LogP contribution in [0.4, 0.5) is 5.82 Å². The number of nitriles is 1. The number of hydrogen-bond donors (Lipinski definition) is 2. The van der Waals surface area contributed by atoms with Gasteiger partial charge in [0.2, 0.25) is 0 Å². The summed E-state index contributed by atoms with van der Waals surface area (Å²) in [6.07, 6.45) is 2.72. The summed E-state index contributed by atoms with van der Waals surface area (Å²) in [6, 6.07) is 9.71. The van der Waals surface area contributed by atoms with Gasteiger partial charge in [-0.1, -0.05) is 37.6 Å².